The molecule has 1 saturated heterocycles. The van der Waals surface area contributed by atoms with Crippen molar-refractivity contribution in [1.82, 2.24) is 0 Å². The average molecular weight is 302 g/mol. The van der Waals surface area contributed by atoms with Crippen molar-refractivity contribution in [3.8, 4) is 5.75 Å². The van der Waals surface area contributed by atoms with Crippen LogP contribution in [0.2, 0.25) is 0 Å². The molecule has 1 fully saturated rings. The zero-order valence-electron chi connectivity index (χ0n) is 9.10. The molecule has 1 heterocycles. The van der Waals surface area contributed by atoms with Crippen molar-refractivity contribution >= 4 is 21.6 Å². The van der Waals surface area contributed by atoms with Crippen molar-refractivity contribution in [3.05, 3.63) is 32.8 Å². The molecule has 1 atom stereocenters. The molecule has 0 aliphatic carbocycles. The van der Waals surface area contributed by atoms with Crippen LogP contribution in [0.15, 0.2) is 22.7 Å². The van der Waals surface area contributed by atoms with Gasteiger partial charge in [-0.25, -0.2) is 0 Å². The Kier molecular flexibility index (Phi) is 3.96. The number of benzene rings is 1. The van der Waals surface area contributed by atoms with Gasteiger partial charge in [0.1, 0.15) is 12.4 Å². The van der Waals surface area contributed by atoms with Crippen LogP contribution in [0.5, 0.6) is 5.75 Å². The quantitative estimate of drug-likeness (QED) is 0.634. The van der Waals surface area contributed by atoms with E-state index in [-0.39, 0.29) is 11.8 Å². The van der Waals surface area contributed by atoms with E-state index in [2.05, 4.69) is 15.9 Å². The summed E-state index contributed by atoms with van der Waals surface area (Å²) in [7, 11) is 0. The summed E-state index contributed by atoms with van der Waals surface area (Å²) < 4.78 is 11.6. The highest BCUT2D eigenvalue weighted by atomic mass is 79.9. The summed E-state index contributed by atoms with van der Waals surface area (Å²) in [6.45, 7) is 1.27. The largest absolute Gasteiger partial charge is 0.490 e. The van der Waals surface area contributed by atoms with Crippen molar-refractivity contribution in [2.75, 3.05) is 13.2 Å². The molecule has 1 aliphatic rings. The third kappa shape index (κ3) is 3.17. The van der Waals surface area contributed by atoms with Gasteiger partial charge in [0.05, 0.1) is 15.5 Å². The fraction of sp³-hybridized carbons (Fsp3) is 0.455. The van der Waals surface area contributed by atoms with E-state index in [4.69, 9.17) is 9.47 Å². The van der Waals surface area contributed by atoms with Crippen molar-refractivity contribution in [1.29, 1.82) is 0 Å². The smallest absolute Gasteiger partial charge is 0.270 e. The van der Waals surface area contributed by atoms with E-state index in [9.17, 15) is 10.1 Å². The van der Waals surface area contributed by atoms with E-state index in [1.54, 1.807) is 6.07 Å². The van der Waals surface area contributed by atoms with E-state index in [1.807, 2.05) is 0 Å². The lowest BCUT2D eigenvalue weighted by atomic mass is 10.2. The Morgan fingerprint density at radius 2 is 2.41 bits per heavy atom. The lowest BCUT2D eigenvalue weighted by molar-refractivity contribution is -0.385. The number of nitro groups is 1. The number of halogens is 1. The minimum Gasteiger partial charge on any atom is -0.490 e. The van der Waals surface area contributed by atoms with Crippen LogP contribution in [0, 0.1) is 10.1 Å². The van der Waals surface area contributed by atoms with E-state index < -0.39 is 4.92 Å². The molecule has 1 aliphatic heterocycles. The first-order chi connectivity index (χ1) is 8.16. The summed E-state index contributed by atoms with van der Waals surface area (Å²) in [6.07, 6.45) is 2.21. The number of non-ortho nitro benzene ring substituents is 1. The number of hydrogen-bond donors (Lipinski definition) is 0. The van der Waals surface area contributed by atoms with Crippen LogP contribution < -0.4 is 4.74 Å². The molecular formula is C11H12BrNO4. The molecule has 0 N–H and O–H groups in total. The Morgan fingerprint density at radius 3 is 3.00 bits per heavy atom. The van der Waals surface area contributed by atoms with Crippen molar-refractivity contribution in [3.63, 3.8) is 0 Å². The van der Waals surface area contributed by atoms with E-state index >= 15 is 0 Å². The Morgan fingerprint density at radius 1 is 1.59 bits per heavy atom. The molecule has 1 unspecified atom stereocenters. The van der Waals surface area contributed by atoms with Gasteiger partial charge < -0.3 is 9.47 Å². The number of nitro benzene ring substituents is 1. The number of hydrogen-bond acceptors (Lipinski definition) is 4. The molecule has 92 valence electrons. The number of nitrogens with zero attached hydrogens (tertiary/aromatic N) is 1. The van der Waals surface area contributed by atoms with Crippen LogP contribution in [0.1, 0.15) is 12.8 Å². The standard InChI is InChI=1S/C11H12BrNO4/c12-10-6-8(13(14)15)3-4-11(10)17-7-9-2-1-5-16-9/h3-4,6,9H,1-2,5,7H2. The molecule has 0 spiro atoms. The third-order valence-electron chi connectivity index (χ3n) is 2.58. The zero-order chi connectivity index (χ0) is 12.3. The van der Waals surface area contributed by atoms with Crippen molar-refractivity contribution in [2.24, 2.45) is 0 Å². The topological polar surface area (TPSA) is 61.6 Å². The van der Waals surface area contributed by atoms with Gasteiger partial charge in [0.2, 0.25) is 0 Å². The van der Waals surface area contributed by atoms with Gasteiger partial charge in [-0.2, -0.15) is 0 Å². The van der Waals surface area contributed by atoms with Gasteiger partial charge in [-0.1, -0.05) is 0 Å². The first kappa shape index (κ1) is 12.3. The Bertz CT molecular complexity index is 418. The van der Waals surface area contributed by atoms with Gasteiger partial charge in [0, 0.05) is 18.7 Å². The first-order valence-corrected chi connectivity index (χ1v) is 6.14. The average Bonchev–Trinajstić information content (AvgIpc) is 2.80. The molecule has 1 aromatic carbocycles. The Balaban J connectivity index is 1.98. The molecular weight excluding hydrogens is 290 g/mol. The van der Waals surface area contributed by atoms with Crippen LogP contribution in [0.25, 0.3) is 0 Å². The van der Waals surface area contributed by atoms with Gasteiger partial charge in [0.15, 0.2) is 0 Å². The SMILES string of the molecule is O=[N+]([O-])c1ccc(OCC2CCCO2)c(Br)c1. The lowest BCUT2D eigenvalue weighted by Crippen LogP contribution is -2.16. The van der Waals surface area contributed by atoms with Gasteiger partial charge in [0.25, 0.3) is 5.69 Å². The predicted molar refractivity (Wildman–Crippen MR) is 65.3 cm³/mol. The highest BCUT2D eigenvalue weighted by molar-refractivity contribution is 9.10. The van der Waals surface area contributed by atoms with E-state index in [0.29, 0.717) is 16.8 Å². The summed E-state index contributed by atoms with van der Waals surface area (Å²) in [4.78, 5) is 10.1. The summed E-state index contributed by atoms with van der Waals surface area (Å²) in [5.74, 6) is 0.603. The summed E-state index contributed by atoms with van der Waals surface area (Å²) in [5, 5.41) is 10.6. The molecule has 0 bridgehead atoms. The molecule has 0 saturated carbocycles. The number of rotatable bonds is 4. The predicted octanol–water partition coefficient (Wildman–Crippen LogP) is 2.92. The molecule has 1 aromatic rings. The molecule has 2 rings (SSSR count). The van der Waals surface area contributed by atoms with E-state index in [1.165, 1.54) is 12.1 Å². The normalized spacial score (nSPS) is 19.2. The highest BCUT2D eigenvalue weighted by Crippen LogP contribution is 2.29. The van der Waals surface area contributed by atoms with Gasteiger partial charge in [-0.3, -0.25) is 10.1 Å². The van der Waals surface area contributed by atoms with Crippen LogP contribution >= 0.6 is 15.9 Å². The fourth-order valence-electron chi connectivity index (χ4n) is 1.68. The molecule has 17 heavy (non-hydrogen) atoms. The second-order valence-electron chi connectivity index (χ2n) is 3.82. The third-order valence-corrected chi connectivity index (χ3v) is 3.19. The molecule has 0 radical (unpaired) electrons. The molecule has 0 amide bonds. The van der Waals surface area contributed by atoms with Gasteiger partial charge >= 0.3 is 0 Å². The summed E-state index contributed by atoms with van der Waals surface area (Å²) >= 11 is 3.25. The Labute approximate surface area is 107 Å². The minimum atomic E-state index is -0.436. The maximum Gasteiger partial charge on any atom is 0.270 e. The molecule has 5 nitrogen and oxygen atoms in total. The van der Waals surface area contributed by atoms with Gasteiger partial charge in [-0.15, -0.1) is 0 Å². The van der Waals surface area contributed by atoms with Crippen LogP contribution in [0.4, 0.5) is 5.69 Å². The maximum atomic E-state index is 10.6. The number of ether oxygens (including phenoxy) is 2. The fourth-order valence-corrected chi connectivity index (χ4v) is 2.16. The summed E-state index contributed by atoms with van der Waals surface area (Å²) in [6, 6.07) is 4.46. The Hall–Kier alpha value is -1.14. The zero-order valence-corrected chi connectivity index (χ0v) is 10.7. The maximum absolute atomic E-state index is 10.6. The van der Waals surface area contributed by atoms with Crippen LogP contribution in [-0.2, 0) is 4.74 Å². The molecule has 6 heteroatoms. The monoisotopic (exact) mass is 301 g/mol. The van der Waals surface area contributed by atoms with Crippen molar-refractivity contribution < 1.29 is 14.4 Å². The minimum absolute atomic E-state index is 0.0429. The first-order valence-electron chi connectivity index (χ1n) is 5.35. The van der Waals surface area contributed by atoms with E-state index in [0.717, 1.165) is 19.4 Å². The molecule has 0 aromatic heterocycles. The van der Waals surface area contributed by atoms with Crippen LogP contribution in [-0.4, -0.2) is 24.2 Å². The van der Waals surface area contributed by atoms with Crippen molar-refractivity contribution in [2.45, 2.75) is 18.9 Å². The lowest BCUT2D eigenvalue weighted by Gasteiger charge is -2.12. The summed E-state index contributed by atoms with van der Waals surface area (Å²) in [5.41, 5.74) is 0.0429. The van der Waals surface area contributed by atoms with Crippen LogP contribution in [0.3, 0.4) is 0 Å². The second-order valence-corrected chi connectivity index (χ2v) is 4.67. The second kappa shape index (κ2) is 5.46. The highest BCUT2D eigenvalue weighted by Gasteiger charge is 2.17. The van der Waals surface area contributed by atoms with Gasteiger partial charge in [-0.05, 0) is 34.8 Å².